The minimum Gasteiger partial charge on any atom is -0.215 e. The monoisotopic (exact) mass is 287 g/mol. The van der Waals surface area contributed by atoms with E-state index in [4.69, 9.17) is 11.6 Å². The van der Waals surface area contributed by atoms with Crippen LogP contribution >= 0.6 is 11.6 Å². The predicted octanol–water partition coefficient (Wildman–Crippen LogP) is 2.51. The normalized spacial score (nSPS) is 24.3. The Labute approximate surface area is 114 Å². The van der Waals surface area contributed by atoms with Gasteiger partial charge in [-0.25, -0.2) is 13.1 Å². The van der Waals surface area contributed by atoms with Crippen molar-refractivity contribution in [2.75, 3.05) is 6.54 Å². The molecule has 5 heteroatoms. The van der Waals surface area contributed by atoms with Gasteiger partial charge in [-0.15, -0.1) is 11.6 Å². The summed E-state index contributed by atoms with van der Waals surface area (Å²) in [5, 5.41) is 0.216. The smallest absolute Gasteiger partial charge is 0.215 e. The Bertz CT molecular complexity index is 475. The van der Waals surface area contributed by atoms with Crippen molar-refractivity contribution in [3.05, 3.63) is 35.9 Å². The first-order valence-electron chi connectivity index (χ1n) is 6.20. The lowest BCUT2D eigenvalue weighted by atomic mass is 10.1. The van der Waals surface area contributed by atoms with E-state index < -0.39 is 10.0 Å². The average molecular weight is 288 g/mol. The van der Waals surface area contributed by atoms with Crippen LogP contribution in [-0.4, -0.2) is 20.3 Å². The van der Waals surface area contributed by atoms with Crippen LogP contribution in [0, 0.1) is 5.92 Å². The van der Waals surface area contributed by atoms with Crippen molar-refractivity contribution in [3.8, 4) is 0 Å². The molecule has 0 radical (unpaired) electrons. The molecule has 0 aromatic heterocycles. The van der Waals surface area contributed by atoms with Crippen molar-refractivity contribution in [1.29, 1.82) is 0 Å². The van der Waals surface area contributed by atoms with Gasteiger partial charge in [-0.3, -0.25) is 0 Å². The zero-order valence-corrected chi connectivity index (χ0v) is 11.8. The Hall–Kier alpha value is -0.580. The molecule has 3 nitrogen and oxygen atoms in total. The van der Waals surface area contributed by atoms with E-state index in [9.17, 15) is 8.42 Å². The molecular formula is C13H18ClNO2S. The van der Waals surface area contributed by atoms with Crippen LogP contribution in [0.2, 0.25) is 0 Å². The van der Waals surface area contributed by atoms with Crippen molar-refractivity contribution in [2.24, 2.45) is 5.92 Å². The third-order valence-corrected chi connectivity index (χ3v) is 4.98. The molecule has 0 spiro atoms. The summed E-state index contributed by atoms with van der Waals surface area (Å²) in [5.41, 5.74) is 0.812. The Balaban J connectivity index is 1.84. The fourth-order valence-electron chi connectivity index (χ4n) is 2.29. The maximum absolute atomic E-state index is 11.9. The van der Waals surface area contributed by atoms with Gasteiger partial charge in [-0.2, -0.15) is 0 Å². The third-order valence-electron chi connectivity index (χ3n) is 3.27. The van der Waals surface area contributed by atoms with E-state index in [0.29, 0.717) is 12.5 Å². The van der Waals surface area contributed by atoms with E-state index in [1.54, 1.807) is 0 Å². The van der Waals surface area contributed by atoms with Crippen LogP contribution in [0.1, 0.15) is 24.8 Å². The van der Waals surface area contributed by atoms with Crippen LogP contribution in [0.5, 0.6) is 0 Å². The van der Waals surface area contributed by atoms with Crippen LogP contribution in [0.3, 0.4) is 0 Å². The van der Waals surface area contributed by atoms with E-state index in [1.165, 1.54) is 0 Å². The SMILES string of the molecule is O=S(=O)(Cc1ccccc1)NCC1CCC(Cl)C1. The maximum atomic E-state index is 11.9. The standard InChI is InChI=1S/C13H18ClNO2S/c14-13-7-6-12(8-13)9-15-18(16,17)10-11-4-2-1-3-5-11/h1-5,12-13,15H,6-10H2. The first-order valence-corrected chi connectivity index (χ1v) is 8.29. The maximum Gasteiger partial charge on any atom is 0.215 e. The lowest BCUT2D eigenvalue weighted by Gasteiger charge is -2.11. The fourth-order valence-corrected chi connectivity index (χ4v) is 3.89. The molecule has 18 heavy (non-hydrogen) atoms. The highest BCUT2D eigenvalue weighted by Gasteiger charge is 2.24. The quantitative estimate of drug-likeness (QED) is 0.846. The highest BCUT2D eigenvalue weighted by atomic mass is 35.5. The van der Waals surface area contributed by atoms with Crippen LogP contribution in [0.4, 0.5) is 0 Å². The van der Waals surface area contributed by atoms with Crippen LogP contribution in [-0.2, 0) is 15.8 Å². The van der Waals surface area contributed by atoms with Crippen LogP contribution in [0.25, 0.3) is 0 Å². The largest absolute Gasteiger partial charge is 0.215 e. The number of alkyl halides is 1. The Kier molecular flexibility index (Phi) is 4.65. The second kappa shape index (κ2) is 6.04. The summed E-state index contributed by atoms with van der Waals surface area (Å²) in [7, 11) is -3.23. The van der Waals surface area contributed by atoms with Gasteiger partial charge < -0.3 is 0 Å². The molecule has 0 bridgehead atoms. The van der Waals surface area contributed by atoms with E-state index in [2.05, 4.69) is 4.72 Å². The van der Waals surface area contributed by atoms with Gasteiger partial charge in [0.05, 0.1) is 5.75 Å². The van der Waals surface area contributed by atoms with Gasteiger partial charge in [0.15, 0.2) is 0 Å². The highest BCUT2D eigenvalue weighted by Crippen LogP contribution is 2.28. The van der Waals surface area contributed by atoms with Crippen molar-refractivity contribution in [3.63, 3.8) is 0 Å². The lowest BCUT2D eigenvalue weighted by Crippen LogP contribution is -2.29. The van der Waals surface area contributed by atoms with Crippen LogP contribution < -0.4 is 4.72 Å². The number of hydrogen-bond acceptors (Lipinski definition) is 2. The summed E-state index contributed by atoms with van der Waals surface area (Å²) < 4.78 is 26.5. The summed E-state index contributed by atoms with van der Waals surface area (Å²) >= 11 is 6.01. The highest BCUT2D eigenvalue weighted by molar-refractivity contribution is 7.88. The summed E-state index contributed by atoms with van der Waals surface area (Å²) in [6.07, 6.45) is 2.92. The molecule has 2 rings (SSSR count). The van der Waals surface area contributed by atoms with Crippen LogP contribution in [0.15, 0.2) is 30.3 Å². The molecule has 1 saturated carbocycles. The van der Waals surface area contributed by atoms with Crippen molar-refractivity contribution in [2.45, 2.75) is 30.4 Å². The molecule has 0 aliphatic heterocycles. The summed E-state index contributed by atoms with van der Waals surface area (Å²) in [6.45, 7) is 0.512. The molecule has 1 aliphatic rings. The predicted molar refractivity (Wildman–Crippen MR) is 74.1 cm³/mol. The second-order valence-electron chi connectivity index (χ2n) is 4.87. The van der Waals surface area contributed by atoms with Gasteiger partial charge in [0.1, 0.15) is 0 Å². The molecule has 2 atom stereocenters. The van der Waals surface area contributed by atoms with Crippen molar-refractivity contribution < 1.29 is 8.42 Å². The molecule has 1 aromatic rings. The number of hydrogen-bond donors (Lipinski definition) is 1. The van der Waals surface area contributed by atoms with E-state index in [0.717, 1.165) is 24.8 Å². The number of sulfonamides is 1. The topological polar surface area (TPSA) is 46.2 Å². The van der Waals surface area contributed by atoms with Gasteiger partial charge in [0.25, 0.3) is 0 Å². The van der Waals surface area contributed by atoms with Crippen molar-refractivity contribution in [1.82, 2.24) is 4.72 Å². The minimum atomic E-state index is -3.23. The van der Waals surface area contributed by atoms with Gasteiger partial charge in [0.2, 0.25) is 10.0 Å². The Morgan fingerprint density at radius 2 is 1.94 bits per heavy atom. The minimum absolute atomic E-state index is 0.0465. The van der Waals surface area contributed by atoms with E-state index >= 15 is 0 Å². The third kappa shape index (κ3) is 4.26. The van der Waals surface area contributed by atoms with E-state index in [-0.39, 0.29) is 11.1 Å². The Morgan fingerprint density at radius 1 is 1.22 bits per heavy atom. The molecule has 1 aromatic carbocycles. The number of nitrogens with one attached hydrogen (secondary N) is 1. The fraction of sp³-hybridized carbons (Fsp3) is 0.538. The van der Waals surface area contributed by atoms with Crippen molar-refractivity contribution >= 4 is 21.6 Å². The molecule has 1 fully saturated rings. The van der Waals surface area contributed by atoms with Gasteiger partial charge in [-0.1, -0.05) is 30.3 Å². The lowest BCUT2D eigenvalue weighted by molar-refractivity contribution is 0.519. The molecule has 0 heterocycles. The molecule has 100 valence electrons. The molecule has 1 N–H and O–H groups in total. The van der Waals surface area contributed by atoms with Gasteiger partial charge in [-0.05, 0) is 30.7 Å². The molecule has 2 unspecified atom stereocenters. The molecule has 0 amide bonds. The van der Waals surface area contributed by atoms with Gasteiger partial charge >= 0.3 is 0 Å². The summed E-state index contributed by atoms with van der Waals surface area (Å²) in [5.74, 6) is 0.434. The molecule has 0 saturated heterocycles. The second-order valence-corrected chi connectivity index (χ2v) is 7.29. The zero-order chi connectivity index (χ0) is 13.0. The molecular weight excluding hydrogens is 270 g/mol. The molecule has 1 aliphatic carbocycles. The number of halogens is 1. The first kappa shape index (κ1) is 13.8. The number of rotatable bonds is 5. The van der Waals surface area contributed by atoms with E-state index in [1.807, 2.05) is 30.3 Å². The summed E-state index contributed by atoms with van der Waals surface area (Å²) in [4.78, 5) is 0. The average Bonchev–Trinajstić information content (AvgIpc) is 2.74. The van der Waals surface area contributed by atoms with Gasteiger partial charge in [0, 0.05) is 11.9 Å². The first-order chi connectivity index (χ1) is 8.55. The zero-order valence-electron chi connectivity index (χ0n) is 10.2. The Morgan fingerprint density at radius 3 is 2.56 bits per heavy atom. The summed E-state index contributed by atoms with van der Waals surface area (Å²) in [6, 6.07) is 9.22. The number of benzene rings is 1.